The molecule has 0 spiro atoms. The normalized spacial score (nSPS) is 16.5. The number of ether oxygens (including phenoxy) is 1. The lowest BCUT2D eigenvalue weighted by Gasteiger charge is -2.10. The highest BCUT2D eigenvalue weighted by Crippen LogP contribution is 2.17. The molecule has 3 heterocycles. The van der Waals surface area contributed by atoms with Gasteiger partial charge in [0.15, 0.2) is 0 Å². The van der Waals surface area contributed by atoms with Crippen molar-refractivity contribution in [2.75, 3.05) is 19.8 Å². The quantitative estimate of drug-likeness (QED) is 0.729. The summed E-state index contributed by atoms with van der Waals surface area (Å²) in [6.45, 7) is 1.63. The van der Waals surface area contributed by atoms with Crippen LogP contribution in [-0.4, -0.2) is 45.9 Å². The van der Waals surface area contributed by atoms with Gasteiger partial charge in [-0.1, -0.05) is 5.92 Å². The minimum atomic E-state index is 0.0391. The zero-order valence-electron chi connectivity index (χ0n) is 12.7. The van der Waals surface area contributed by atoms with E-state index < -0.39 is 0 Å². The van der Waals surface area contributed by atoms with E-state index in [9.17, 15) is 0 Å². The molecule has 3 rings (SSSR count). The molecule has 0 bridgehead atoms. The summed E-state index contributed by atoms with van der Waals surface area (Å²) >= 11 is 0. The fraction of sp³-hybridized carbons (Fsp3) is 0.412. The highest BCUT2D eigenvalue weighted by Gasteiger charge is 2.16. The average Bonchev–Trinajstić information content (AvgIpc) is 3.24. The third kappa shape index (κ3) is 4.01. The van der Waals surface area contributed by atoms with Crippen molar-refractivity contribution in [2.24, 2.45) is 0 Å². The van der Waals surface area contributed by atoms with Gasteiger partial charge in [-0.15, -0.1) is 0 Å². The van der Waals surface area contributed by atoms with E-state index in [4.69, 9.17) is 9.84 Å². The van der Waals surface area contributed by atoms with E-state index in [-0.39, 0.29) is 6.61 Å². The molecule has 0 saturated carbocycles. The van der Waals surface area contributed by atoms with Crippen molar-refractivity contribution in [3.05, 3.63) is 18.0 Å². The molecule has 23 heavy (non-hydrogen) atoms. The van der Waals surface area contributed by atoms with Gasteiger partial charge in [-0.05, 0) is 43.2 Å². The van der Waals surface area contributed by atoms with Crippen molar-refractivity contribution in [1.82, 2.24) is 20.3 Å². The Labute approximate surface area is 134 Å². The van der Waals surface area contributed by atoms with Crippen LogP contribution in [0.4, 0.5) is 0 Å². The van der Waals surface area contributed by atoms with Crippen LogP contribution in [-0.2, 0) is 0 Å². The van der Waals surface area contributed by atoms with Crippen LogP contribution in [0.5, 0.6) is 6.01 Å². The summed E-state index contributed by atoms with van der Waals surface area (Å²) in [5.41, 5.74) is 1.28. The van der Waals surface area contributed by atoms with Gasteiger partial charge in [-0.25, -0.2) is 0 Å². The molecule has 118 valence electrons. The average molecular weight is 310 g/mol. The highest BCUT2D eigenvalue weighted by molar-refractivity contribution is 5.81. The number of fused-ring (bicyclic) bond motifs is 1. The van der Waals surface area contributed by atoms with Crippen molar-refractivity contribution < 1.29 is 9.84 Å². The van der Waals surface area contributed by atoms with Gasteiger partial charge in [0.2, 0.25) is 0 Å². The molecular weight excluding hydrogens is 292 g/mol. The summed E-state index contributed by atoms with van der Waals surface area (Å²) in [4.78, 5) is 11.8. The van der Waals surface area contributed by atoms with Gasteiger partial charge >= 0.3 is 6.01 Å². The van der Waals surface area contributed by atoms with Gasteiger partial charge in [0.1, 0.15) is 17.9 Å². The van der Waals surface area contributed by atoms with Crippen molar-refractivity contribution in [3.63, 3.8) is 0 Å². The molecule has 0 unspecified atom stereocenters. The Bertz CT molecular complexity index is 785. The standard InChI is InChI=1S/C17H18N4O2/c22-11-4-2-1-3-7-15-14-8-10-19-16(14)21-17(20-15)23-12-13-6-5-9-18-13/h8,10,13,18,22H,4-6,9,11-12H2,(H,19,20,21)/t13-/m0/s1. The van der Waals surface area contributed by atoms with Crippen LogP contribution in [0.25, 0.3) is 11.0 Å². The molecule has 1 aliphatic heterocycles. The van der Waals surface area contributed by atoms with Crippen LogP contribution in [0.2, 0.25) is 0 Å². The number of hydrogen-bond donors (Lipinski definition) is 3. The van der Waals surface area contributed by atoms with Crippen LogP contribution in [0, 0.1) is 23.7 Å². The Morgan fingerprint density at radius 2 is 2.30 bits per heavy atom. The second kappa shape index (κ2) is 7.64. The number of nitrogens with one attached hydrogen (secondary N) is 2. The number of rotatable bonds is 4. The fourth-order valence-electron chi connectivity index (χ4n) is 2.41. The van der Waals surface area contributed by atoms with Crippen molar-refractivity contribution in [3.8, 4) is 29.7 Å². The number of nitrogens with zero attached hydrogens (tertiary/aromatic N) is 2. The second-order valence-electron chi connectivity index (χ2n) is 5.22. The van der Waals surface area contributed by atoms with Crippen LogP contribution in [0.3, 0.4) is 0 Å². The van der Waals surface area contributed by atoms with Gasteiger partial charge < -0.3 is 20.1 Å². The molecule has 1 fully saturated rings. The first kappa shape index (κ1) is 15.4. The summed E-state index contributed by atoms with van der Waals surface area (Å²) in [6, 6.07) is 2.56. The Balaban J connectivity index is 1.78. The zero-order chi connectivity index (χ0) is 15.9. The van der Waals surface area contributed by atoms with E-state index in [1.807, 2.05) is 6.07 Å². The first-order valence-electron chi connectivity index (χ1n) is 7.68. The Morgan fingerprint density at radius 3 is 3.13 bits per heavy atom. The van der Waals surface area contributed by atoms with Gasteiger partial charge in [0.25, 0.3) is 0 Å². The second-order valence-corrected chi connectivity index (χ2v) is 5.22. The van der Waals surface area contributed by atoms with Crippen molar-refractivity contribution in [1.29, 1.82) is 0 Å². The van der Waals surface area contributed by atoms with E-state index in [1.165, 1.54) is 6.42 Å². The summed E-state index contributed by atoms with van der Waals surface area (Å²) in [6.07, 6.45) is 4.50. The summed E-state index contributed by atoms with van der Waals surface area (Å²) < 4.78 is 5.71. The maximum Gasteiger partial charge on any atom is 0.319 e. The summed E-state index contributed by atoms with van der Waals surface area (Å²) in [5.74, 6) is 11.1. The van der Waals surface area contributed by atoms with E-state index in [2.05, 4.69) is 44.0 Å². The fourth-order valence-corrected chi connectivity index (χ4v) is 2.41. The number of aliphatic hydroxyl groups excluding tert-OH is 1. The van der Waals surface area contributed by atoms with E-state index in [0.717, 1.165) is 18.4 Å². The van der Waals surface area contributed by atoms with Crippen LogP contribution < -0.4 is 10.1 Å². The molecule has 1 aliphatic rings. The molecule has 0 aliphatic carbocycles. The van der Waals surface area contributed by atoms with Crippen LogP contribution >= 0.6 is 0 Å². The monoisotopic (exact) mass is 310 g/mol. The van der Waals surface area contributed by atoms with Crippen molar-refractivity contribution in [2.45, 2.75) is 25.3 Å². The molecular formula is C17H18N4O2. The predicted molar refractivity (Wildman–Crippen MR) is 86.8 cm³/mol. The summed E-state index contributed by atoms with van der Waals surface area (Å²) in [5, 5.41) is 12.9. The lowest BCUT2D eigenvalue weighted by atomic mass is 10.2. The molecule has 0 amide bonds. The lowest BCUT2D eigenvalue weighted by molar-refractivity contribution is 0.258. The molecule has 6 nitrogen and oxygen atoms in total. The molecule has 6 heteroatoms. The maximum atomic E-state index is 8.68. The molecule has 1 saturated heterocycles. The van der Waals surface area contributed by atoms with Gasteiger partial charge in [-0.2, -0.15) is 9.97 Å². The van der Waals surface area contributed by atoms with Gasteiger partial charge in [-0.3, -0.25) is 0 Å². The molecule has 0 aromatic carbocycles. The largest absolute Gasteiger partial charge is 0.462 e. The minimum Gasteiger partial charge on any atom is -0.462 e. The summed E-state index contributed by atoms with van der Waals surface area (Å²) in [7, 11) is 0. The third-order valence-electron chi connectivity index (χ3n) is 3.54. The third-order valence-corrected chi connectivity index (χ3v) is 3.54. The molecule has 2 aromatic rings. The maximum absolute atomic E-state index is 8.68. The first-order valence-corrected chi connectivity index (χ1v) is 7.68. The topological polar surface area (TPSA) is 83.1 Å². The first-order chi connectivity index (χ1) is 11.4. The SMILES string of the molecule is OCCC#CC#Cc1nc(OC[C@@H]2CCCN2)nc2[nH]ccc12. The lowest BCUT2D eigenvalue weighted by Crippen LogP contribution is -2.28. The Morgan fingerprint density at radius 1 is 1.35 bits per heavy atom. The number of hydrogen-bond acceptors (Lipinski definition) is 5. The molecule has 2 aromatic heterocycles. The van der Waals surface area contributed by atoms with E-state index in [0.29, 0.717) is 36.4 Å². The van der Waals surface area contributed by atoms with Crippen molar-refractivity contribution >= 4 is 11.0 Å². The van der Waals surface area contributed by atoms with Gasteiger partial charge in [0, 0.05) is 18.7 Å². The highest BCUT2D eigenvalue weighted by atomic mass is 16.5. The molecule has 3 N–H and O–H groups in total. The van der Waals surface area contributed by atoms with Crippen LogP contribution in [0.15, 0.2) is 12.3 Å². The van der Waals surface area contributed by atoms with Gasteiger partial charge in [0.05, 0.1) is 12.0 Å². The smallest absolute Gasteiger partial charge is 0.319 e. The molecule has 0 radical (unpaired) electrons. The van der Waals surface area contributed by atoms with E-state index in [1.54, 1.807) is 6.20 Å². The number of aromatic amines is 1. The minimum absolute atomic E-state index is 0.0391. The predicted octanol–water partition coefficient (Wildman–Crippen LogP) is 0.826. The number of aromatic nitrogens is 3. The zero-order valence-corrected chi connectivity index (χ0v) is 12.7. The van der Waals surface area contributed by atoms with E-state index >= 15 is 0 Å². The Hall–Kier alpha value is -2.54. The number of aliphatic hydroxyl groups is 1. The Kier molecular flexibility index (Phi) is 5.10. The number of H-pyrrole nitrogens is 1. The van der Waals surface area contributed by atoms with Crippen LogP contribution in [0.1, 0.15) is 25.0 Å². The molecule has 1 atom stereocenters.